The number of nitrogens with one attached hydrogen (secondary N) is 3. The van der Waals surface area contributed by atoms with Crippen LogP contribution in [-0.2, 0) is 25.9 Å². The summed E-state index contributed by atoms with van der Waals surface area (Å²) in [7, 11) is 0. The van der Waals surface area contributed by atoms with Crippen molar-refractivity contribution in [3.63, 3.8) is 0 Å². The summed E-state index contributed by atoms with van der Waals surface area (Å²) in [6.45, 7) is 7.42. The summed E-state index contributed by atoms with van der Waals surface area (Å²) in [5.41, 5.74) is 3.80. The molecule has 0 unspecified atom stereocenters. The second-order valence-electron chi connectivity index (χ2n) is 7.73. The molecule has 162 valence electrons. The van der Waals surface area contributed by atoms with Crippen molar-refractivity contribution >= 4 is 40.8 Å². The Bertz CT molecular complexity index is 989. The third-order valence-corrected chi connectivity index (χ3v) is 5.52. The number of halogens is 1. The van der Waals surface area contributed by atoms with Crippen molar-refractivity contribution < 1.29 is 0 Å². The molecule has 7 nitrogen and oxygen atoms in total. The van der Waals surface area contributed by atoms with E-state index in [4.69, 9.17) is 4.99 Å². The van der Waals surface area contributed by atoms with Gasteiger partial charge in [0.2, 0.25) is 0 Å². The Balaban J connectivity index is 0.00000256. The second-order valence-corrected chi connectivity index (χ2v) is 7.73. The molecule has 0 spiro atoms. The van der Waals surface area contributed by atoms with Crippen LogP contribution in [0.15, 0.2) is 29.4 Å². The molecule has 1 aliphatic rings. The van der Waals surface area contributed by atoms with Crippen LogP contribution in [0.5, 0.6) is 0 Å². The molecule has 1 aromatic carbocycles. The van der Waals surface area contributed by atoms with E-state index in [9.17, 15) is 0 Å². The number of aryl methyl sites for hydroxylation is 2. The van der Waals surface area contributed by atoms with Gasteiger partial charge in [0.05, 0.1) is 0 Å². The van der Waals surface area contributed by atoms with E-state index in [1.54, 1.807) is 0 Å². The van der Waals surface area contributed by atoms with Gasteiger partial charge >= 0.3 is 0 Å². The average Bonchev–Trinajstić information content (AvgIpc) is 3.21. The number of nitrogens with zero attached hydrogens (tertiary/aromatic N) is 4. The number of H-pyrrole nitrogens is 1. The van der Waals surface area contributed by atoms with Gasteiger partial charge in [0, 0.05) is 43.2 Å². The summed E-state index contributed by atoms with van der Waals surface area (Å²) in [5.74, 6) is 2.90. The first-order valence-electron chi connectivity index (χ1n) is 10.7. The first-order chi connectivity index (χ1) is 14.2. The van der Waals surface area contributed by atoms with Crippen molar-refractivity contribution in [3.8, 4) is 0 Å². The highest BCUT2D eigenvalue weighted by Crippen LogP contribution is 2.19. The van der Waals surface area contributed by atoms with Gasteiger partial charge in [-0.1, -0.05) is 18.6 Å². The third-order valence-electron chi connectivity index (χ3n) is 5.52. The fourth-order valence-electron chi connectivity index (χ4n) is 3.98. The molecule has 4 rings (SSSR count). The van der Waals surface area contributed by atoms with Gasteiger partial charge in [0.15, 0.2) is 11.8 Å². The smallest absolute Gasteiger partial charge is 0.191 e. The molecule has 0 amide bonds. The van der Waals surface area contributed by atoms with Crippen LogP contribution in [0, 0.1) is 6.92 Å². The molecular weight excluding hydrogens is 489 g/mol. The lowest BCUT2D eigenvalue weighted by Gasteiger charge is -2.11. The van der Waals surface area contributed by atoms with Crippen molar-refractivity contribution in [1.82, 2.24) is 30.4 Å². The van der Waals surface area contributed by atoms with E-state index in [0.29, 0.717) is 6.54 Å². The molecule has 1 aliphatic heterocycles. The molecule has 8 heteroatoms. The number of hydrogen-bond donors (Lipinski definition) is 3. The molecule has 0 saturated carbocycles. The van der Waals surface area contributed by atoms with E-state index in [1.165, 1.54) is 41.3 Å². The van der Waals surface area contributed by atoms with Gasteiger partial charge in [-0.25, -0.2) is 4.99 Å². The fraction of sp³-hybridized carbons (Fsp3) is 0.500. The van der Waals surface area contributed by atoms with Crippen LogP contribution in [0.2, 0.25) is 0 Å². The first-order valence-corrected chi connectivity index (χ1v) is 10.7. The molecule has 2 aromatic heterocycles. The largest absolute Gasteiger partial charge is 0.361 e. The Labute approximate surface area is 195 Å². The molecule has 3 aromatic rings. The second kappa shape index (κ2) is 10.8. The molecule has 3 N–H and O–H groups in total. The van der Waals surface area contributed by atoms with E-state index in [2.05, 4.69) is 68.6 Å². The third kappa shape index (κ3) is 5.33. The highest BCUT2D eigenvalue weighted by Gasteiger charge is 2.14. The van der Waals surface area contributed by atoms with E-state index >= 15 is 0 Å². The number of fused-ring (bicyclic) bond motifs is 2. The van der Waals surface area contributed by atoms with E-state index < -0.39 is 0 Å². The Hall–Kier alpha value is -2.10. The monoisotopic (exact) mass is 521 g/mol. The van der Waals surface area contributed by atoms with E-state index in [-0.39, 0.29) is 24.0 Å². The molecule has 30 heavy (non-hydrogen) atoms. The van der Waals surface area contributed by atoms with Gasteiger partial charge in [0.25, 0.3) is 0 Å². The maximum absolute atomic E-state index is 4.75. The number of aromatic nitrogens is 4. The number of aromatic amines is 1. The molecule has 0 atom stereocenters. The molecule has 0 aliphatic carbocycles. The van der Waals surface area contributed by atoms with Crippen LogP contribution in [-0.4, -0.2) is 38.8 Å². The zero-order valence-electron chi connectivity index (χ0n) is 17.9. The normalized spacial score (nSPS) is 14.1. The van der Waals surface area contributed by atoms with E-state index in [1.807, 2.05) is 0 Å². The number of hydrogen-bond acceptors (Lipinski definition) is 3. The van der Waals surface area contributed by atoms with Gasteiger partial charge in [-0.2, -0.15) is 0 Å². The van der Waals surface area contributed by atoms with Crippen LogP contribution in [0.4, 0.5) is 0 Å². The zero-order chi connectivity index (χ0) is 20.1. The van der Waals surface area contributed by atoms with Crippen molar-refractivity contribution in [2.45, 2.75) is 59.0 Å². The molecule has 3 heterocycles. The van der Waals surface area contributed by atoms with Gasteiger partial charge < -0.3 is 20.2 Å². The molecule has 0 bridgehead atoms. The van der Waals surface area contributed by atoms with Crippen molar-refractivity contribution in [2.24, 2.45) is 4.99 Å². The lowest BCUT2D eigenvalue weighted by molar-refractivity contribution is 0.605. The predicted octanol–water partition coefficient (Wildman–Crippen LogP) is 3.71. The molecule has 0 radical (unpaired) electrons. The summed E-state index contributed by atoms with van der Waals surface area (Å²) in [4.78, 5) is 8.13. The number of guanidine groups is 1. The minimum Gasteiger partial charge on any atom is -0.361 e. The molecule has 0 saturated heterocycles. The van der Waals surface area contributed by atoms with Gasteiger partial charge in [-0.05, 0) is 50.3 Å². The van der Waals surface area contributed by atoms with Gasteiger partial charge in [-0.3, -0.25) is 0 Å². The molecule has 0 fully saturated rings. The zero-order valence-corrected chi connectivity index (χ0v) is 20.2. The lowest BCUT2D eigenvalue weighted by atomic mass is 10.1. The highest BCUT2D eigenvalue weighted by atomic mass is 127. The predicted molar refractivity (Wildman–Crippen MR) is 133 cm³/mol. The average molecular weight is 521 g/mol. The molecular formula is C22H32IN7. The summed E-state index contributed by atoms with van der Waals surface area (Å²) < 4.78 is 2.26. The summed E-state index contributed by atoms with van der Waals surface area (Å²) in [6.07, 6.45) is 7.75. The Morgan fingerprint density at radius 3 is 2.97 bits per heavy atom. The SMILES string of the molecule is CCNC(=NCc1nnc2n1CCCCC2)NCCc1c[nH]c2cc(C)ccc12.I. The van der Waals surface area contributed by atoms with Gasteiger partial charge in [-0.15, -0.1) is 34.2 Å². The number of rotatable bonds is 6. The van der Waals surface area contributed by atoms with Crippen LogP contribution in [0.3, 0.4) is 0 Å². The topological polar surface area (TPSA) is 82.9 Å². The minimum atomic E-state index is 0. The van der Waals surface area contributed by atoms with Crippen LogP contribution >= 0.6 is 24.0 Å². The maximum atomic E-state index is 4.75. The quantitative estimate of drug-likeness (QED) is 0.263. The van der Waals surface area contributed by atoms with Crippen molar-refractivity contribution in [2.75, 3.05) is 13.1 Å². The van der Waals surface area contributed by atoms with Crippen LogP contribution < -0.4 is 10.6 Å². The van der Waals surface area contributed by atoms with Crippen LogP contribution in [0.1, 0.15) is 49.0 Å². The highest BCUT2D eigenvalue weighted by molar-refractivity contribution is 14.0. The number of aliphatic imine (C=N–C) groups is 1. The maximum Gasteiger partial charge on any atom is 0.191 e. The van der Waals surface area contributed by atoms with Gasteiger partial charge in [0.1, 0.15) is 12.4 Å². The fourth-order valence-corrected chi connectivity index (χ4v) is 3.98. The van der Waals surface area contributed by atoms with Crippen molar-refractivity contribution in [3.05, 3.63) is 47.2 Å². The Kier molecular flexibility index (Phi) is 8.12. The Morgan fingerprint density at radius 2 is 2.10 bits per heavy atom. The van der Waals surface area contributed by atoms with Crippen molar-refractivity contribution in [1.29, 1.82) is 0 Å². The van der Waals surface area contributed by atoms with Crippen LogP contribution in [0.25, 0.3) is 10.9 Å². The Morgan fingerprint density at radius 1 is 1.20 bits per heavy atom. The number of benzene rings is 1. The summed E-state index contributed by atoms with van der Waals surface area (Å²) in [6, 6.07) is 6.56. The minimum absolute atomic E-state index is 0. The lowest BCUT2D eigenvalue weighted by Crippen LogP contribution is -2.38. The summed E-state index contributed by atoms with van der Waals surface area (Å²) in [5, 5.41) is 16.8. The standard InChI is InChI=1S/C22H31N7.HI/c1-3-23-22(26-15-21-28-27-20-7-5-4-6-12-29(20)21)24-11-10-17-14-25-19-13-16(2)8-9-18(17)19;/h8-9,13-14,25H,3-7,10-12,15H2,1-2H3,(H2,23,24,26);1H. The first kappa shape index (κ1) is 22.6. The summed E-state index contributed by atoms with van der Waals surface area (Å²) >= 11 is 0. The van der Waals surface area contributed by atoms with E-state index in [0.717, 1.165) is 50.1 Å².